The molecule has 0 bridgehead atoms. The van der Waals surface area contributed by atoms with Gasteiger partial charge in [-0.25, -0.2) is 4.79 Å². The van der Waals surface area contributed by atoms with Crippen LogP contribution in [-0.2, 0) is 10.9 Å². The Bertz CT molecular complexity index is 622. The Kier molecular flexibility index (Phi) is 5.91. The number of amides is 1. The van der Waals surface area contributed by atoms with Crippen LogP contribution >= 0.6 is 0 Å². The summed E-state index contributed by atoms with van der Waals surface area (Å²) in [4.78, 5) is 11.4. The SMILES string of the molecule is COc1cc(C(F)(F)F)ccc1C#CCNC(=O)OC(C)(C)C. The van der Waals surface area contributed by atoms with Gasteiger partial charge in [0, 0.05) is 0 Å². The number of hydrogen-bond acceptors (Lipinski definition) is 3. The molecule has 0 aliphatic rings. The van der Waals surface area contributed by atoms with Gasteiger partial charge in [-0.2, -0.15) is 13.2 Å². The fourth-order valence-corrected chi connectivity index (χ4v) is 1.54. The summed E-state index contributed by atoms with van der Waals surface area (Å²) in [5.74, 6) is 5.29. The van der Waals surface area contributed by atoms with Crippen molar-refractivity contribution in [1.29, 1.82) is 0 Å². The van der Waals surface area contributed by atoms with Gasteiger partial charge in [0.2, 0.25) is 0 Å². The van der Waals surface area contributed by atoms with E-state index in [0.29, 0.717) is 5.56 Å². The van der Waals surface area contributed by atoms with E-state index in [1.54, 1.807) is 20.8 Å². The van der Waals surface area contributed by atoms with E-state index in [-0.39, 0.29) is 12.3 Å². The highest BCUT2D eigenvalue weighted by molar-refractivity contribution is 5.68. The number of carbonyl (C=O) groups excluding carboxylic acids is 1. The Morgan fingerprint density at radius 1 is 1.26 bits per heavy atom. The predicted molar refractivity (Wildman–Crippen MR) is 79.1 cm³/mol. The number of alkyl carbamates (subject to hydrolysis) is 1. The maximum atomic E-state index is 12.6. The smallest absolute Gasteiger partial charge is 0.416 e. The van der Waals surface area contributed by atoms with Crippen molar-refractivity contribution in [3.8, 4) is 17.6 Å². The molecule has 0 heterocycles. The number of nitrogens with one attached hydrogen (secondary N) is 1. The van der Waals surface area contributed by atoms with E-state index in [9.17, 15) is 18.0 Å². The number of alkyl halides is 3. The number of halogens is 3. The molecule has 0 unspecified atom stereocenters. The molecule has 4 nitrogen and oxygen atoms in total. The molecule has 1 rings (SSSR count). The Hall–Kier alpha value is -2.36. The molecule has 0 radical (unpaired) electrons. The van der Waals surface area contributed by atoms with Gasteiger partial charge in [-0.1, -0.05) is 11.8 Å². The lowest BCUT2D eigenvalue weighted by atomic mass is 10.1. The maximum absolute atomic E-state index is 12.6. The van der Waals surface area contributed by atoms with Gasteiger partial charge in [-0.3, -0.25) is 0 Å². The maximum Gasteiger partial charge on any atom is 0.416 e. The van der Waals surface area contributed by atoms with E-state index in [1.807, 2.05) is 0 Å². The average molecular weight is 329 g/mol. The Morgan fingerprint density at radius 2 is 1.91 bits per heavy atom. The minimum Gasteiger partial charge on any atom is -0.495 e. The van der Waals surface area contributed by atoms with Crippen LogP contribution in [0.4, 0.5) is 18.0 Å². The highest BCUT2D eigenvalue weighted by atomic mass is 19.4. The first kappa shape index (κ1) is 18.7. The molecule has 1 aromatic carbocycles. The molecule has 0 saturated carbocycles. The number of hydrogen-bond donors (Lipinski definition) is 1. The molecule has 7 heteroatoms. The second-order valence-corrected chi connectivity index (χ2v) is 5.57. The lowest BCUT2D eigenvalue weighted by Crippen LogP contribution is -2.32. The van der Waals surface area contributed by atoms with E-state index in [4.69, 9.17) is 9.47 Å². The van der Waals surface area contributed by atoms with Gasteiger partial charge >= 0.3 is 12.3 Å². The molecule has 0 spiro atoms. The molecule has 1 N–H and O–H groups in total. The molecule has 1 aromatic rings. The average Bonchev–Trinajstić information content (AvgIpc) is 2.40. The molecule has 0 aliphatic heterocycles. The van der Waals surface area contributed by atoms with Gasteiger partial charge < -0.3 is 14.8 Å². The summed E-state index contributed by atoms with van der Waals surface area (Å²) in [6.07, 6.45) is -5.07. The fraction of sp³-hybridized carbons (Fsp3) is 0.438. The van der Waals surface area contributed by atoms with Crippen LogP contribution in [0.15, 0.2) is 18.2 Å². The molecule has 0 saturated heterocycles. The second-order valence-electron chi connectivity index (χ2n) is 5.57. The zero-order valence-corrected chi connectivity index (χ0v) is 13.3. The monoisotopic (exact) mass is 329 g/mol. The third kappa shape index (κ3) is 6.51. The van der Waals surface area contributed by atoms with Crippen LogP contribution in [0.25, 0.3) is 0 Å². The highest BCUT2D eigenvalue weighted by Crippen LogP contribution is 2.32. The van der Waals surface area contributed by atoms with Crippen molar-refractivity contribution in [3.05, 3.63) is 29.3 Å². The number of carbonyl (C=O) groups is 1. The van der Waals surface area contributed by atoms with E-state index < -0.39 is 23.4 Å². The third-order valence-corrected chi connectivity index (χ3v) is 2.47. The van der Waals surface area contributed by atoms with Gasteiger partial charge in [0.1, 0.15) is 11.4 Å². The molecular formula is C16H18F3NO3. The molecule has 23 heavy (non-hydrogen) atoms. The van der Waals surface area contributed by atoms with Crippen LogP contribution < -0.4 is 10.1 Å². The van der Waals surface area contributed by atoms with Gasteiger partial charge in [0.05, 0.1) is 24.8 Å². The van der Waals surface area contributed by atoms with Crippen LogP contribution in [0, 0.1) is 11.8 Å². The molecule has 0 fully saturated rings. The standard InChI is InChI=1S/C16H18F3NO3/c1-15(2,3)23-14(21)20-9-5-6-11-7-8-12(16(17,18)19)10-13(11)22-4/h7-8,10H,9H2,1-4H3,(H,20,21). The van der Waals surface area contributed by atoms with Crippen molar-refractivity contribution in [2.75, 3.05) is 13.7 Å². The Labute approximate surface area is 133 Å². The summed E-state index contributed by atoms with van der Waals surface area (Å²) in [5, 5.41) is 2.43. The van der Waals surface area contributed by atoms with Crippen molar-refractivity contribution in [3.63, 3.8) is 0 Å². The lowest BCUT2D eigenvalue weighted by Gasteiger charge is -2.19. The lowest BCUT2D eigenvalue weighted by molar-refractivity contribution is -0.137. The number of benzene rings is 1. The van der Waals surface area contributed by atoms with Crippen LogP contribution in [0.1, 0.15) is 31.9 Å². The zero-order valence-electron chi connectivity index (χ0n) is 13.3. The van der Waals surface area contributed by atoms with E-state index in [2.05, 4.69) is 17.2 Å². The normalized spacial score (nSPS) is 11.3. The first-order valence-corrected chi connectivity index (χ1v) is 6.74. The van der Waals surface area contributed by atoms with Gasteiger partial charge in [0.25, 0.3) is 0 Å². The van der Waals surface area contributed by atoms with Crippen LogP contribution in [0.5, 0.6) is 5.75 Å². The largest absolute Gasteiger partial charge is 0.495 e. The summed E-state index contributed by atoms with van der Waals surface area (Å²) in [7, 11) is 1.26. The number of methoxy groups -OCH3 is 1. The summed E-state index contributed by atoms with van der Waals surface area (Å²) in [5.41, 5.74) is -1.13. The van der Waals surface area contributed by atoms with Gasteiger partial charge in [-0.05, 0) is 39.0 Å². The van der Waals surface area contributed by atoms with E-state index in [1.165, 1.54) is 13.2 Å². The van der Waals surface area contributed by atoms with E-state index in [0.717, 1.165) is 12.1 Å². The summed E-state index contributed by atoms with van der Waals surface area (Å²) >= 11 is 0. The molecule has 126 valence electrons. The van der Waals surface area contributed by atoms with Crippen molar-refractivity contribution in [2.45, 2.75) is 32.5 Å². The molecule has 0 atom stereocenters. The topological polar surface area (TPSA) is 47.6 Å². The minimum absolute atomic E-state index is 0.000903. The first-order valence-electron chi connectivity index (χ1n) is 6.74. The number of ether oxygens (including phenoxy) is 2. The zero-order chi connectivity index (χ0) is 17.7. The molecule has 0 aliphatic carbocycles. The predicted octanol–water partition coefficient (Wildman–Crippen LogP) is 3.59. The molecule has 0 aromatic heterocycles. The van der Waals surface area contributed by atoms with Crippen LogP contribution in [0.2, 0.25) is 0 Å². The van der Waals surface area contributed by atoms with Crippen molar-refractivity contribution >= 4 is 6.09 Å². The highest BCUT2D eigenvalue weighted by Gasteiger charge is 2.31. The van der Waals surface area contributed by atoms with Crippen molar-refractivity contribution < 1.29 is 27.4 Å². The quantitative estimate of drug-likeness (QED) is 0.844. The first-order chi connectivity index (χ1) is 10.5. The van der Waals surface area contributed by atoms with Crippen LogP contribution in [0.3, 0.4) is 0 Å². The Morgan fingerprint density at radius 3 is 2.43 bits per heavy atom. The fourth-order valence-electron chi connectivity index (χ4n) is 1.54. The summed E-state index contributed by atoms with van der Waals surface area (Å²) in [6.45, 7) is 5.18. The molecule has 1 amide bonds. The second kappa shape index (κ2) is 7.27. The van der Waals surface area contributed by atoms with E-state index >= 15 is 0 Å². The minimum atomic E-state index is -4.45. The Balaban J connectivity index is 2.74. The van der Waals surface area contributed by atoms with Gasteiger partial charge in [0.15, 0.2) is 0 Å². The molecular weight excluding hydrogens is 311 g/mol. The number of rotatable bonds is 2. The summed E-state index contributed by atoms with van der Waals surface area (Å²) in [6, 6.07) is 3.03. The van der Waals surface area contributed by atoms with Crippen LogP contribution in [-0.4, -0.2) is 25.3 Å². The van der Waals surface area contributed by atoms with Crippen molar-refractivity contribution in [2.24, 2.45) is 0 Å². The van der Waals surface area contributed by atoms with Crippen molar-refractivity contribution in [1.82, 2.24) is 5.32 Å². The summed E-state index contributed by atoms with van der Waals surface area (Å²) < 4.78 is 47.8. The third-order valence-electron chi connectivity index (χ3n) is 2.47. The van der Waals surface area contributed by atoms with Gasteiger partial charge in [-0.15, -0.1) is 0 Å².